The van der Waals surface area contributed by atoms with Crippen LogP contribution in [0.5, 0.6) is 0 Å². The number of aryl methyl sites for hydroxylation is 1. The normalized spacial score (nSPS) is 13.8. The van der Waals surface area contributed by atoms with E-state index in [4.69, 9.17) is 0 Å². The lowest BCUT2D eigenvalue weighted by molar-refractivity contribution is -0.121. The van der Waals surface area contributed by atoms with Crippen LogP contribution in [0.3, 0.4) is 0 Å². The number of rotatable bonds is 5. The number of hydrogen-bond acceptors (Lipinski definition) is 2. The monoisotopic (exact) mass is 442 g/mol. The van der Waals surface area contributed by atoms with Crippen molar-refractivity contribution in [3.8, 4) is 0 Å². The van der Waals surface area contributed by atoms with Crippen molar-refractivity contribution in [2.24, 2.45) is 0 Å². The van der Waals surface area contributed by atoms with E-state index in [0.717, 1.165) is 32.5 Å². The van der Waals surface area contributed by atoms with E-state index in [2.05, 4.69) is 61.1 Å². The van der Waals surface area contributed by atoms with Crippen LogP contribution in [-0.4, -0.2) is 18.4 Å². The molecule has 4 nitrogen and oxygen atoms in total. The molecule has 0 unspecified atom stereocenters. The highest BCUT2D eigenvalue weighted by Crippen LogP contribution is 2.33. The number of hydrogen-bond donors (Lipinski definition) is 1. The highest BCUT2D eigenvalue weighted by molar-refractivity contribution is 9.10. The third-order valence-corrected chi connectivity index (χ3v) is 5.67. The van der Waals surface area contributed by atoms with E-state index in [1.807, 2.05) is 24.3 Å². The van der Waals surface area contributed by atoms with Crippen molar-refractivity contribution in [2.45, 2.75) is 52.4 Å². The molecule has 1 aliphatic rings. The van der Waals surface area contributed by atoms with Gasteiger partial charge in [0.25, 0.3) is 0 Å². The molecule has 1 N–H and O–H groups in total. The SMILES string of the molecule is CC(C)c1cccc(C(C)C)c1NC(=O)CN1C(=O)CCc2cc(Br)ccc21. The molecule has 0 fully saturated rings. The minimum absolute atomic E-state index is 0.00815. The fourth-order valence-corrected chi connectivity index (χ4v) is 4.13. The molecular weight excluding hydrogens is 416 g/mol. The number of fused-ring (bicyclic) bond motifs is 1. The maximum Gasteiger partial charge on any atom is 0.244 e. The topological polar surface area (TPSA) is 49.4 Å². The predicted molar refractivity (Wildman–Crippen MR) is 118 cm³/mol. The second-order valence-electron chi connectivity index (χ2n) is 7.92. The molecule has 148 valence electrons. The summed E-state index contributed by atoms with van der Waals surface area (Å²) in [7, 11) is 0. The molecule has 2 aromatic rings. The Bertz CT molecular complexity index is 879. The quantitative estimate of drug-likeness (QED) is 0.653. The number of nitrogens with one attached hydrogen (secondary N) is 1. The van der Waals surface area contributed by atoms with Gasteiger partial charge in [0.05, 0.1) is 0 Å². The Morgan fingerprint density at radius 2 is 1.71 bits per heavy atom. The molecule has 1 aliphatic heterocycles. The molecule has 2 aromatic carbocycles. The summed E-state index contributed by atoms with van der Waals surface area (Å²) < 4.78 is 0.984. The lowest BCUT2D eigenvalue weighted by Crippen LogP contribution is -2.41. The van der Waals surface area contributed by atoms with Crippen molar-refractivity contribution >= 4 is 39.1 Å². The Kier molecular flexibility index (Phi) is 6.23. The summed E-state index contributed by atoms with van der Waals surface area (Å²) in [5, 5.41) is 3.11. The van der Waals surface area contributed by atoms with E-state index < -0.39 is 0 Å². The number of carbonyl (C=O) groups excluding carboxylic acids is 2. The molecule has 0 bridgehead atoms. The maximum absolute atomic E-state index is 12.9. The zero-order valence-corrected chi connectivity index (χ0v) is 18.5. The molecule has 0 spiro atoms. The summed E-state index contributed by atoms with van der Waals surface area (Å²) in [5.41, 5.74) is 5.05. The van der Waals surface area contributed by atoms with E-state index in [-0.39, 0.29) is 18.4 Å². The number of nitrogens with zero attached hydrogens (tertiary/aromatic N) is 1. The first-order chi connectivity index (χ1) is 13.3. The Hall–Kier alpha value is -2.14. The average Bonchev–Trinajstić information content (AvgIpc) is 2.63. The number of anilines is 2. The molecule has 0 saturated heterocycles. The molecule has 1 heterocycles. The molecule has 3 rings (SSSR count). The maximum atomic E-state index is 12.9. The Morgan fingerprint density at radius 1 is 1.07 bits per heavy atom. The first-order valence-electron chi connectivity index (χ1n) is 9.79. The molecule has 0 saturated carbocycles. The molecule has 0 radical (unpaired) electrons. The molecule has 5 heteroatoms. The number of para-hydroxylation sites is 1. The van der Waals surface area contributed by atoms with Crippen molar-refractivity contribution in [1.29, 1.82) is 0 Å². The predicted octanol–water partition coefficient (Wildman–Crippen LogP) is 5.61. The zero-order valence-electron chi connectivity index (χ0n) is 16.9. The minimum atomic E-state index is -0.167. The summed E-state index contributed by atoms with van der Waals surface area (Å²) in [4.78, 5) is 27.1. The fourth-order valence-electron chi connectivity index (χ4n) is 3.72. The van der Waals surface area contributed by atoms with Gasteiger partial charge in [0.1, 0.15) is 6.54 Å². The summed E-state index contributed by atoms with van der Waals surface area (Å²) in [5.74, 6) is 0.415. The number of amides is 2. The largest absolute Gasteiger partial charge is 0.324 e. The second kappa shape index (κ2) is 8.48. The zero-order chi connectivity index (χ0) is 20.4. The van der Waals surface area contributed by atoms with Gasteiger partial charge in [-0.15, -0.1) is 0 Å². The number of benzene rings is 2. The van der Waals surface area contributed by atoms with Crippen molar-refractivity contribution in [3.63, 3.8) is 0 Å². The third kappa shape index (κ3) is 4.30. The average molecular weight is 443 g/mol. The van der Waals surface area contributed by atoms with Crippen LogP contribution >= 0.6 is 15.9 Å². The summed E-state index contributed by atoms with van der Waals surface area (Å²) in [6.45, 7) is 8.51. The molecule has 0 atom stereocenters. The van der Waals surface area contributed by atoms with Crippen LogP contribution in [-0.2, 0) is 16.0 Å². The molecule has 0 aliphatic carbocycles. The Labute approximate surface area is 175 Å². The van der Waals surface area contributed by atoms with Gasteiger partial charge in [-0.3, -0.25) is 9.59 Å². The van der Waals surface area contributed by atoms with Crippen LogP contribution in [0.1, 0.15) is 62.6 Å². The summed E-state index contributed by atoms with van der Waals surface area (Å²) >= 11 is 3.48. The lowest BCUT2D eigenvalue weighted by Gasteiger charge is -2.29. The first-order valence-corrected chi connectivity index (χ1v) is 10.6. The molecule has 0 aromatic heterocycles. The minimum Gasteiger partial charge on any atom is -0.324 e. The van der Waals surface area contributed by atoms with Gasteiger partial charge in [0, 0.05) is 22.3 Å². The summed E-state index contributed by atoms with van der Waals surface area (Å²) in [6.07, 6.45) is 1.13. The van der Waals surface area contributed by atoms with Gasteiger partial charge in [0.15, 0.2) is 0 Å². The van der Waals surface area contributed by atoms with Crippen LogP contribution in [0.4, 0.5) is 11.4 Å². The van der Waals surface area contributed by atoms with E-state index in [1.165, 1.54) is 0 Å². The highest BCUT2D eigenvalue weighted by Gasteiger charge is 2.27. The van der Waals surface area contributed by atoms with Crippen LogP contribution in [0.25, 0.3) is 0 Å². The van der Waals surface area contributed by atoms with Crippen molar-refractivity contribution in [1.82, 2.24) is 0 Å². The van der Waals surface area contributed by atoms with E-state index in [9.17, 15) is 9.59 Å². The standard InChI is InChI=1S/C23H27BrN2O2/c1-14(2)18-6-5-7-19(15(3)4)23(18)25-21(27)13-26-20-10-9-17(24)12-16(20)8-11-22(26)28/h5-7,9-10,12,14-15H,8,11,13H2,1-4H3,(H,25,27). The van der Waals surface area contributed by atoms with Gasteiger partial charge in [-0.25, -0.2) is 0 Å². The van der Waals surface area contributed by atoms with Gasteiger partial charge in [-0.05, 0) is 53.1 Å². The number of carbonyl (C=O) groups is 2. The molecule has 28 heavy (non-hydrogen) atoms. The summed E-state index contributed by atoms with van der Waals surface area (Å²) in [6, 6.07) is 12.0. The van der Waals surface area contributed by atoms with Crippen LogP contribution in [0.15, 0.2) is 40.9 Å². The van der Waals surface area contributed by atoms with Crippen LogP contribution < -0.4 is 10.2 Å². The van der Waals surface area contributed by atoms with Gasteiger partial charge < -0.3 is 10.2 Å². The number of halogens is 1. The van der Waals surface area contributed by atoms with Gasteiger partial charge >= 0.3 is 0 Å². The van der Waals surface area contributed by atoms with Crippen LogP contribution in [0.2, 0.25) is 0 Å². The van der Waals surface area contributed by atoms with Crippen molar-refractivity contribution < 1.29 is 9.59 Å². The van der Waals surface area contributed by atoms with Gasteiger partial charge in [-0.2, -0.15) is 0 Å². The third-order valence-electron chi connectivity index (χ3n) is 5.18. The Morgan fingerprint density at radius 3 is 2.32 bits per heavy atom. The smallest absolute Gasteiger partial charge is 0.244 e. The first kappa shape index (κ1) is 20.6. The molecule has 2 amide bonds. The van der Waals surface area contributed by atoms with Gasteiger partial charge in [-0.1, -0.05) is 61.8 Å². The fraction of sp³-hybridized carbons (Fsp3) is 0.391. The lowest BCUT2D eigenvalue weighted by atomic mass is 9.92. The second-order valence-corrected chi connectivity index (χ2v) is 8.84. The van der Waals surface area contributed by atoms with E-state index in [0.29, 0.717) is 24.7 Å². The van der Waals surface area contributed by atoms with Gasteiger partial charge in [0.2, 0.25) is 11.8 Å². The van der Waals surface area contributed by atoms with Crippen LogP contribution in [0, 0.1) is 0 Å². The van der Waals surface area contributed by atoms with Crippen molar-refractivity contribution in [3.05, 3.63) is 57.6 Å². The Balaban J connectivity index is 1.87. The van der Waals surface area contributed by atoms with Crippen molar-refractivity contribution in [2.75, 3.05) is 16.8 Å². The highest BCUT2D eigenvalue weighted by atomic mass is 79.9. The van der Waals surface area contributed by atoms with E-state index >= 15 is 0 Å². The van der Waals surface area contributed by atoms with E-state index in [1.54, 1.807) is 4.90 Å². The molecular formula is C23H27BrN2O2.